The first kappa shape index (κ1) is 7.52. The van der Waals surface area contributed by atoms with Crippen molar-refractivity contribution >= 4 is 5.78 Å². The van der Waals surface area contributed by atoms with Gasteiger partial charge in [-0.05, 0) is 18.3 Å². The summed E-state index contributed by atoms with van der Waals surface area (Å²) in [6, 6.07) is 0. The van der Waals surface area contributed by atoms with Gasteiger partial charge in [0.15, 0.2) is 0 Å². The molecular formula is C9H14O. The molecule has 0 heterocycles. The molecule has 1 nitrogen and oxygen atoms in total. The quantitative estimate of drug-likeness (QED) is 0.508. The monoisotopic (exact) mass is 138 g/mol. The molecule has 0 radical (unpaired) electrons. The molecule has 0 aliphatic heterocycles. The molecule has 1 aliphatic carbocycles. The van der Waals surface area contributed by atoms with Crippen molar-refractivity contribution in [1.82, 2.24) is 0 Å². The first-order chi connectivity index (χ1) is 4.66. The molecule has 1 aliphatic rings. The van der Waals surface area contributed by atoms with Crippen LogP contribution in [-0.2, 0) is 4.79 Å². The molecule has 0 unspecified atom stereocenters. The third kappa shape index (κ3) is 1.47. The fourth-order valence-electron chi connectivity index (χ4n) is 1.49. The second kappa shape index (κ2) is 2.57. The van der Waals surface area contributed by atoms with Crippen molar-refractivity contribution in [2.45, 2.75) is 32.6 Å². The second-order valence-electron chi connectivity index (χ2n) is 3.43. The molecular weight excluding hydrogens is 124 g/mol. The third-order valence-electron chi connectivity index (χ3n) is 2.30. The highest BCUT2D eigenvalue weighted by atomic mass is 16.1. The summed E-state index contributed by atoms with van der Waals surface area (Å²) in [5.41, 5.74) is 0.106. The van der Waals surface area contributed by atoms with Gasteiger partial charge in [-0.3, -0.25) is 4.79 Å². The van der Waals surface area contributed by atoms with E-state index in [4.69, 9.17) is 0 Å². The van der Waals surface area contributed by atoms with Crippen LogP contribution in [0.1, 0.15) is 32.6 Å². The third-order valence-corrected chi connectivity index (χ3v) is 2.30. The zero-order valence-electron chi connectivity index (χ0n) is 6.52. The van der Waals surface area contributed by atoms with Gasteiger partial charge in [0, 0.05) is 12.8 Å². The van der Waals surface area contributed by atoms with Crippen LogP contribution < -0.4 is 0 Å². The van der Waals surface area contributed by atoms with E-state index >= 15 is 0 Å². The molecule has 0 saturated heterocycles. The van der Waals surface area contributed by atoms with Crippen LogP contribution in [0.4, 0.5) is 0 Å². The topological polar surface area (TPSA) is 17.1 Å². The van der Waals surface area contributed by atoms with Crippen LogP contribution in [0.2, 0.25) is 0 Å². The highest BCUT2D eigenvalue weighted by molar-refractivity contribution is 5.80. The zero-order valence-corrected chi connectivity index (χ0v) is 6.52. The van der Waals surface area contributed by atoms with Gasteiger partial charge in [-0.1, -0.05) is 13.0 Å². The number of Topliss-reactive ketones (excluding diaryl/α,β-unsaturated/α-hetero) is 1. The molecule has 0 aromatic heterocycles. The Balaban J connectivity index is 2.61. The number of carbonyl (C=O) groups excluding carboxylic acids is 1. The van der Waals surface area contributed by atoms with Crippen LogP contribution >= 0.6 is 0 Å². The van der Waals surface area contributed by atoms with Gasteiger partial charge in [-0.2, -0.15) is 0 Å². The van der Waals surface area contributed by atoms with Crippen LogP contribution in [0.5, 0.6) is 0 Å². The first-order valence-corrected chi connectivity index (χ1v) is 3.82. The fraction of sp³-hybridized carbons (Fsp3) is 0.667. The van der Waals surface area contributed by atoms with Crippen LogP contribution in [0, 0.1) is 5.41 Å². The number of carbonyl (C=O) groups is 1. The summed E-state index contributed by atoms with van der Waals surface area (Å²) in [4.78, 5) is 11.0. The normalized spacial score (nSPS) is 33.9. The molecule has 0 spiro atoms. The Morgan fingerprint density at radius 2 is 2.40 bits per heavy atom. The molecule has 0 amide bonds. The van der Waals surface area contributed by atoms with Gasteiger partial charge in [-0.25, -0.2) is 0 Å². The number of hydrogen-bond acceptors (Lipinski definition) is 1. The van der Waals surface area contributed by atoms with E-state index in [0.717, 1.165) is 19.3 Å². The Kier molecular flexibility index (Phi) is 1.93. The van der Waals surface area contributed by atoms with E-state index in [0.29, 0.717) is 12.2 Å². The van der Waals surface area contributed by atoms with Crippen molar-refractivity contribution in [3.63, 3.8) is 0 Å². The highest BCUT2D eigenvalue weighted by Gasteiger charge is 2.27. The molecule has 0 N–H and O–H groups in total. The van der Waals surface area contributed by atoms with Crippen molar-refractivity contribution in [3.8, 4) is 0 Å². The summed E-state index contributed by atoms with van der Waals surface area (Å²) in [6.07, 6.45) is 5.58. The Morgan fingerprint density at radius 3 is 2.80 bits per heavy atom. The standard InChI is InChI=1S/C9H14O/c1-3-9(2)6-4-5-8(10)7-9/h3H,1,4-7H2,2H3/t9-/m1/s1. The van der Waals surface area contributed by atoms with Crippen LogP contribution in [0.25, 0.3) is 0 Å². The molecule has 10 heavy (non-hydrogen) atoms. The van der Waals surface area contributed by atoms with Crippen molar-refractivity contribution in [2.24, 2.45) is 5.41 Å². The lowest BCUT2D eigenvalue weighted by atomic mass is 9.75. The first-order valence-electron chi connectivity index (χ1n) is 3.82. The molecule has 1 saturated carbocycles. The van der Waals surface area contributed by atoms with Crippen LogP contribution in [0.3, 0.4) is 0 Å². The van der Waals surface area contributed by atoms with Gasteiger partial charge in [0.1, 0.15) is 5.78 Å². The number of ketones is 1. The van der Waals surface area contributed by atoms with Gasteiger partial charge in [-0.15, -0.1) is 6.58 Å². The zero-order chi connectivity index (χ0) is 7.61. The average molecular weight is 138 g/mol. The van der Waals surface area contributed by atoms with E-state index < -0.39 is 0 Å². The number of allylic oxidation sites excluding steroid dienone is 1. The van der Waals surface area contributed by atoms with E-state index in [-0.39, 0.29) is 5.41 Å². The van der Waals surface area contributed by atoms with Gasteiger partial charge >= 0.3 is 0 Å². The molecule has 1 atom stereocenters. The van der Waals surface area contributed by atoms with Crippen molar-refractivity contribution in [3.05, 3.63) is 12.7 Å². The predicted octanol–water partition coefficient (Wildman–Crippen LogP) is 2.32. The maximum Gasteiger partial charge on any atom is 0.133 e. The minimum Gasteiger partial charge on any atom is -0.300 e. The molecule has 1 heteroatoms. The summed E-state index contributed by atoms with van der Waals surface area (Å²) < 4.78 is 0. The van der Waals surface area contributed by atoms with Gasteiger partial charge in [0.25, 0.3) is 0 Å². The van der Waals surface area contributed by atoms with Crippen LogP contribution in [-0.4, -0.2) is 5.78 Å². The summed E-state index contributed by atoms with van der Waals surface area (Å²) in [6.45, 7) is 5.85. The predicted molar refractivity (Wildman–Crippen MR) is 41.8 cm³/mol. The lowest BCUT2D eigenvalue weighted by Crippen LogP contribution is -2.23. The van der Waals surface area contributed by atoms with Gasteiger partial charge < -0.3 is 0 Å². The Bertz CT molecular complexity index is 160. The molecule has 0 bridgehead atoms. The molecule has 1 fully saturated rings. The Morgan fingerprint density at radius 1 is 1.70 bits per heavy atom. The fourth-order valence-corrected chi connectivity index (χ4v) is 1.49. The molecule has 1 rings (SSSR count). The Hall–Kier alpha value is -0.590. The average Bonchev–Trinajstić information content (AvgIpc) is 1.88. The van der Waals surface area contributed by atoms with E-state index in [2.05, 4.69) is 13.5 Å². The largest absolute Gasteiger partial charge is 0.300 e. The smallest absolute Gasteiger partial charge is 0.133 e. The van der Waals surface area contributed by atoms with E-state index in [1.54, 1.807) is 0 Å². The molecule has 56 valence electrons. The number of hydrogen-bond donors (Lipinski definition) is 0. The summed E-state index contributed by atoms with van der Waals surface area (Å²) in [5.74, 6) is 0.397. The number of rotatable bonds is 1. The SMILES string of the molecule is C=C[C@]1(C)CCCC(=O)C1. The second-order valence-corrected chi connectivity index (χ2v) is 3.43. The van der Waals surface area contributed by atoms with Crippen molar-refractivity contribution in [1.29, 1.82) is 0 Å². The summed E-state index contributed by atoms with van der Waals surface area (Å²) >= 11 is 0. The van der Waals surface area contributed by atoms with Crippen molar-refractivity contribution in [2.75, 3.05) is 0 Å². The minimum atomic E-state index is 0.106. The van der Waals surface area contributed by atoms with E-state index in [1.807, 2.05) is 6.08 Å². The van der Waals surface area contributed by atoms with E-state index in [9.17, 15) is 4.79 Å². The van der Waals surface area contributed by atoms with Crippen LogP contribution in [0.15, 0.2) is 12.7 Å². The lowest BCUT2D eigenvalue weighted by molar-refractivity contribution is -0.122. The molecule has 0 aromatic rings. The Labute approximate surface area is 62.1 Å². The molecule has 0 aromatic carbocycles. The highest BCUT2D eigenvalue weighted by Crippen LogP contribution is 2.34. The van der Waals surface area contributed by atoms with Gasteiger partial charge in [0.05, 0.1) is 0 Å². The van der Waals surface area contributed by atoms with Crippen molar-refractivity contribution < 1.29 is 4.79 Å². The summed E-state index contributed by atoms with van der Waals surface area (Å²) in [7, 11) is 0. The van der Waals surface area contributed by atoms with Gasteiger partial charge in [0.2, 0.25) is 0 Å². The maximum absolute atomic E-state index is 11.0. The minimum absolute atomic E-state index is 0.106. The van der Waals surface area contributed by atoms with E-state index in [1.165, 1.54) is 0 Å². The maximum atomic E-state index is 11.0. The summed E-state index contributed by atoms with van der Waals surface area (Å²) in [5, 5.41) is 0. The lowest BCUT2D eigenvalue weighted by Gasteiger charge is -2.28.